The Kier molecular flexibility index (Phi) is 3.26. The van der Waals surface area contributed by atoms with E-state index in [0.717, 1.165) is 0 Å². The van der Waals surface area contributed by atoms with Crippen molar-refractivity contribution < 1.29 is 14.7 Å². The SMILES string of the molecule is C[C@@](C=O)(NC(=O)O)c1ccc(C#N)cc1. The highest BCUT2D eigenvalue weighted by molar-refractivity contribution is 5.76. The lowest BCUT2D eigenvalue weighted by Crippen LogP contribution is -2.44. The van der Waals surface area contributed by atoms with E-state index in [-0.39, 0.29) is 0 Å². The lowest BCUT2D eigenvalue weighted by molar-refractivity contribution is -0.112. The Bertz CT molecular complexity index is 447. The van der Waals surface area contributed by atoms with E-state index in [4.69, 9.17) is 10.4 Å². The van der Waals surface area contributed by atoms with E-state index >= 15 is 0 Å². The van der Waals surface area contributed by atoms with Crippen LogP contribution in [0.3, 0.4) is 0 Å². The molecule has 0 fully saturated rings. The van der Waals surface area contributed by atoms with Crippen molar-refractivity contribution in [3.05, 3.63) is 35.4 Å². The number of rotatable bonds is 3. The van der Waals surface area contributed by atoms with Crippen LogP contribution >= 0.6 is 0 Å². The first kappa shape index (κ1) is 11.7. The molecule has 0 saturated carbocycles. The lowest BCUT2D eigenvalue weighted by atomic mass is 9.93. The molecule has 0 bridgehead atoms. The third-order valence-electron chi connectivity index (χ3n) is 2.22. The largest absolute Gasteiger partial charge is 0.465 e. The summed E-state index contributed by atoms with van der Waals surface area (Å²) in [6, 6.07) is 8.09. The average Bonchev–Trinajstić information content (AvgIpc) is 2.28. The van der Waals surface area contributed by atoms with Gasteiger partial charge in [-0.1, -0.05) is 12.1 Å². The number of hydrogen-bond acceptors (Lipinski definition) is 3. The van der Waals surface area contributed by atoms with Gasteiger partial charge in [0.25, 0.3) is 0 Å². The zero-order chi connectivity index (χ0) is 12.2. The maximum absolute atomic E-state index is 10.9. The zero-order valence-corrected chi connectivity index (χ0v) is 8.60. The smallest absolute Gasteiger partial charge is 0.405 e. The highest BCUT2D eigenvalue weighted by atomic mass is 16.4. The number of nitrogens with zero attached hydrogens (tertiary/aromatic N) is 1. The highest BCUT2D eigenvalue weighted by Gasteiger charge is 2.27. The van der Waals surface area contributed by atoms with Crippen molar-refractivity contribution in [2.45, 2.75) is 12.5 Å². The summed E-state index contributed by atoms with van der Waals surface area (Å²) in [7, 11) is 0. The van der Waals surface area contributed by atoms with Gasteiger partial charge in [0.2, 0.25) is 0 Å². The third-order valence-corrected chi connectivity index (χ3v) is 2.22. The highest BCUT2D eigenvalue weighted by Crippen LogP contribution is 2.18. The zero-order valence-electron chi connectivity index (χ0n) is 8.60. The molecule has 0 aliphatic heterocycles. The molecule has 0 unspecified atom stereocenters. The van der Waals surface area contributed by atoms with Gasteiger partial charge >= 0.3 is 6.09 Å². The molecule has 1 aromatic rings. The first-order valence-corrected chi connectivity index (χ1v) is 4.50. The number of hydrogen-bond donors (Lipinski definition) is 2. The summed E-state index contributed by atoms with van der Waals surface area (Å²) in [6.07, 6.45) is -0.762. The molecule has 0 aromatic heterocycles. The van der Waals surface area contributed by atoms with Gasteiger partial charge < -0.3 is 15.2 Å². The summed E-state index contributed by atoms with van der Waals surface area (Å²) in [4.78, 5) is 21.5. The van der Waals surface area contributed by atoms with Gasteiger partial charge in [-0.2, -0.15) is 5.26 Å². The second-order valence-corrected chi connectivity index (χ2v) is 3.44. The fourth-order valence-electron chi connectivity index (χ4n) is 1.28. The molecule has 0 radical (unpaired) electrons. The topological polar surface area (TPSA) is 90.2 Å². The molecule has 0 saturated heterocycles. The second kappa shape index (κ2) is 4.45. The summed E-state index contributed by atoms with van der Waals surface area (Å²) in [5.41, 5.74) is -0.351. The van der Waals surface area contributed by atoms with E-state index < -0.39 is 11.6 Å². The number of nitriles is 1. The van der Waals surface area contributed by atoms with Crippen LogP contribution in [0.2, 0.25) is 0 Å². The van der Waals surface area contributed by atoms with E-state index in [1.807, 2.05) is 6.07 Å². The van der Waals surface area contributed by atoms with Crippen molar-refractivity contribution in [2.24, 2.45) is 0 Å². The molecule has 1 rings (SSSR count). The van der Waals surface area contributed by atoms with Crippen molar-refractivity contribution in [3.8, 4) is 6.07 Å². The fourth-order valence-corrected chi connectivity index (χ4v) is 1.28. The average molecular weight is 218 g/mol. The van der Waals surface area contributed by atoms with E-state index in [1.165, 1.54) is 19.1 Å². The van der Waals surface area contributed by atoms with E-state index in [2.05, 4.69) is 5.32 Å². The van der Waals surface area contributed by atoms with E-state index in [9.17, 15) is 9.59 Å². The minimum absolute atomic E-state index is 0.451. The Morgan fingerprint density at radius 3 is 2.44 bits per heavy atom. The van der Waals surface area contributed by atoms with Crippen molar-refractivity contribution in [1.82, 2.24) is 5.32 Å². The fraction of sp³-hybridized carbons (Fsp3) is 0.182. The predicted molar refractivity (Wildman–Crippen MR) is 55.7 cm³/mol. The number of carboxylic acid groups (broad SMARTS) is 1. The molecule has 0 heterocycles. The quantitative estimate of drug-likeness (QED) is 0.747. The first-order valence-electron chi connectivity index (χ1n) is 4.50. The Morgan fingerprint density at radius 2 is 2.06 bits per heavy atom. The van der Waals surface area contributed by atoms with Gasteiger partial charge in [0.05, 0.1) is 11.6 Å². The van der Waals surface area contributed by atoms with Crippen LogP contribution in [-0.2, 0) is 10.3 Å². The van der Waals surface area contributed by atoms with Gasteiger partial charge in [0.1, 0.15) is 11.8 Å². The standard InChI is InChI=1S/C11H10N2O3/c1-11(7-14,13-10(15)16)9-4-2-8(6-12)3-5-9/h2-5,7,13H,1H3,(H,15,16)/t11-/m0/s1. The minimum Gasteiger partial charge on any atom is -0.465 e. The summed E-state index contributed by atoms with van der Waals surface area (Å²) in [6.45, 7) is 1.45. The minimum atomic E-state index is -1.29. The number of carbonyl (C=O) groups excluding carboxylic acids is 1. The van der Waals surface area contributed by atoms with Crippen LogP contribution in [0.4, 0.5) is 4.79 Å². The number of amides is 1. The molecule has 16 heavy (non-hydrogen) atoms. The van der Waals surface area contributed by atoms with Gasteiger partial charge in [-0.15, -0.1) is 0 Å². The predicted octanol–water partition coefficient (Wildman–Crippen LogP) is 1.24. The van der Waals surface area contributed by atoms with Crippen molar-refractivity contribution in [2.75, 3.05) is 0 Å². The van der Waals surface area contributed by atoms with Crippen molar-refractivity contribution >= 4 is 12.4 Å². The maximum Gasteiger partial charge on any atom is 0.405 e. The van der Waals surface area contributed by atoms with Crippen LogP contribution in [0.1, 0.15) is 18.1 Å². The monoisotopic (exact) mass is 218 g/mol. The number of aldehydes is 1. The second-order valence-electron chi connectivity index (χ2n) is 3.44. The Balaban J connectivity index is 3.08. The molecule has 5 heteroatoms. The van der Waals surface area contributed by atoms with E-state index in [0.29, 0.717) is 17.4 Å². The molecular formula is C11H10N2O3. The van der Waals surface area contributed by atoms with Crippen LogP contribution in [-0.4, -0.2) is 17.5 Å². The summed E-state index contributed by atoms with van der Waals surface area (Å²) >= 11 is 0. The van der Waals surface area contributed by atoms with Crippen molar-refractivity contribution in [3.63, 3.8) is 0 Å². The molecule has 1 atom stereocenters. The number of carbonyl (C=O) groups is 2. The molecule has 2 N–H and O–H groups in total. The number of benzene rings is 1. The third kappa shape index (κ3) is 2.36. The van der Waals surface area contributed by atoms with Gasteiger partial charge in [-0.25, -0.2) is 4.79 Å². The molecular weight excluding hydrogens is 208 g/mol. The molecule has 0 spiro atoms. The van der Waals surface area contributed by atoms with Crippen LogP contribution in [0.5, 0.6) is 0 Å². The van der Waals surface area contributed by atoms with Gasteiger partial charge in [-0.05, 0) is 24.6 Å². The van der Waals surface area contributed by atoms with Crippen LogP contribution in [0.25, 0.3) is 0 Å². The molecule has 0 aliphatic rings. The van der Waals surface area contributed by atoms with Crippen molar-refractivity contribution in [1.29, 1.82) is 5.26 Å². The summed E-state index contributed by atoms with van der Waals surface area (Å²) in [5, 5.41) is 19.3. The molecule has 82 valence electrons. The molecule has 0 aliphatic carbocycles. The molecule has 1 aromatic carbocycles. The van der Waals surface area contributed by atoms with Gasteiger partial charge in [-0.3, -0.25) is 0 Å². The van der Waals surface area contributed by atoms with E-state index in [1.54, 1.807) is 12.1 Å². The first-order chi connectivity index (χ1) is 7.51. The molecule has 1 amide bonds. The lowest BCUT2D eigenvalue weighted by Gasteiger charge is -2.23. The molecule has 5 nitrogen and oxygen atoms in total. The number of nitrogens with one attached hydrogen (secondary N) is 1. The maximum atomic E-state index is 10.9. The normalized spacial score (nSPS) is 13.2. The summed E-state index contributed by atoms with van der Waals surface area (Å²) < 4.78 is 0. The Hall–Kier alpha value is -2.35. The Morgan fingerprint density at radius 1 is 1.50 bits per heavy atom. The van der Waals surface area contributed by atoms with Gasteiger partial charge in [0.15, 0.2) is 0 Å². The Labute approximate surface area is 92.3 Å². The van der Waals surface area contributed by atoms with Crippen LogP contribution < -0.4 is 5.32 Å². The van der Waals surface area contributed by atoms with Crippen LogP contribution in [0, 0.1) is 11.3 Å². The van der Waals surface area contributed by atoms with Crippen LogP contribution in [0.15, 0.2) is 24.3 Å². The summed E-state index contributed by atoms with van der Waals surface area (Å²) in [5.74, 6) is 0. The van der Waals surface area contributed by atoms with Gasteiger partial charge in [0, 0.05) is 0 Å².